The molecule has 3 N–H and O–H groups in total. The monoisotopic (exact) mass is 234 g/mol. The number of nitrogens with two attached hydrogens (primary N) is 1. The number of hydrogen-bond acceptors (Lipinski definition) is 4. The molecule has 0 aliphatic carbocycles. The third-order valence-corrected chi connectivity index (χ3v) is 1.92. The minimum absolute atomic E-state index is 0.132. The van der Waals surface area contributed by atoms with Crippen molar-refractivity contribution < 1.29 is 13.2 Å². The molecule has 0 saturated carbocycles. The lowest BCUT2D eigenvalue weighted by molar-refractivity contribution is -0.144. The summed E-state index contributed by atoms with van der Waals surface area (Å²) in [5.74, 6) is 5.59. The topological polar surface area (TPSA) is 54.2 Å². The van der Waals surface area contributed by atoms with Crippen LogP contribution in [0.1, 0.15) is 5.56 Å². The lowest BCUT2D eigenvalue weighted by Crippen LogP contribution is -2.31. The van der Waals surface area contributed by atoms with Gasteiger partial charge in [-0.05, 0) is 13.1 Å². The van der Waals surface area contributed by atoms with Gasteiger partial charge in [-0.15, -0.1) is 0 Å². The summed E-state index contributed by atoms with van der Waals surface area (Å²) < 4.78 is 36.3. The van der Waals surface area contributed by atoms with Crippen LogP contribution in [0.4, 0.5) is 19.0 Å². The summed E-state index contributed by atoms with van der Waals surface area (Å²) in [7, 11) is 1.39. The zero-order chi connectivity index (χ0) is 12.2. The van der Waals surface area contributed by atoms with E-state index in [0.717, 1.165) is 4.90 Å². The maximum absolute atomic E-state index is 12.1. The Morgan fingerprint density at radius 2 is 2.19 bits per heavy atom. The average molecular weight is 234 g/mol. The van der Waals surface area contributed by atoms with Crippen molar-refractivity contribution in [3.05, 3.63) is 23.9 Å². The predicted octanol–water partition coefficient (Wildman–Crippen LogP) is 1.36. The summed E-state index contributed by atoms with van der Waals surface area (Å²) >= 11 is 0. The molecule has 0 unspecified atom stereocenters. The van der Waals surface area contributed by atoms with Gasteiger partial charge in [-0.3, -0.25) is 4.90 Å². The van der Waals surface area contributed by atoms with Crippen molar-refractivity contribution in [3.63, 3.8) is 0 Å². The molecule has 16 heavy (non-hydrogen) atoms. The van der Waals surface area contributed by atoms with Crippen LogP contribution in [0.2, 0.25) is 0 Å². The molecule has 1 heterocycles. The number of halogens is 3. The molecule has 0 aromatic carbocycles. The number of nitrogen functional groups attached to an aromatic ring is 1. The Labute approximate surface area is 91.2 Å². The van der Waals surface area contributed by atoms with Crippen LogP contribution in [0.15, 0.2) is 18.3 Å². The molecule has 1 aromatic heterocycles. The largest absolute Gasteiger partial charge is 0.401 e. The van der Waals surface area contributed by atoms with Crippen LogP contribution in [0, 0.1) is 0 Å². The number of nitrogens with one attached hydrogen (secondary N) is 1. The summed E-state index contributed by atoms with van der Waals surface area (Å²) in [5, 5.41) is 0. The Balaban J connectivity index is 2.65. The zero-order valence-electron chi connectivity index (χ0n) is 8.75. The van der Waals surface area contributed by atoms with E-state index < -0.39 is 12.7 Å². The molecule has 0 aliphatic heterocycles. The van der Waals surface area contributed by atoms with Gasteiger partial charge >= 0.3 is 6.18 Å². The first-order chi connectivity index (χ1) is 7.42. The molecule has 0 spiro atoms. The van der Waals surface area contributed by atoms with Gasteiger partial charge in [0.2, 0.25) is 0 Å². The van der Waals surface area contributed by atoms with Crippen LogP contribution in [0.3, 0.4) is 0 Å². The Kier molecular flexibility index (Phi) is 4.08. The lowest BCUT2D eigenvalue weighted by atomic mass is 10.2. The van der Waals surface area contributed by atoms with Gasteiger partial charge in [0.25, 0.3) is 0 Å². The van der Waals surface area contributed by atoms with Crippen molar-refractivity contribution in [1.82, 2.24) is 9.88 Å². The van der Waals surface area contributed by atoms with Crippen molar-refractivity contribution >= 4 is 5.82 Å². The standard InChI is InChI=1S/C9H13F3N4/c1-16(6-9(10,11)12)5-7-3-2-4-14-8(7)15-13/h2-4H,5-6,13H2,1H3,(H,14,15). The highest BCUT2D eigenvalue weighted by molar-refractivity contribution is 5.42. The number of alkyl halides is 3. The van der Waals surface area contributed by atoms with Gasteiger partial charge in [0.15, 0.2) is 0 Å². The highest BCUT2D eigenvalue weighted by Crippen LogP contribution is 2.18. The van der Waals surface area contributed by atoms with E-state index in [2.05, 4.69) is 10.4 Å². The van der Waals surface area contributed by atoms with Crippen LogP contribution < -0.4 is 11.3 Å². The van der Waals surface area contributed by atoms with Gasteiger partial charge in [0, 0.05) is 18.3 Å². The number of anilines is 1. The number of nitrogens with zero attached hydrogens (tertiary/aromatic N) is 2. The summed E-state index contributed by atoms with van der Waals surface area (Å²) in [6.45, 7) is -0.835. The Morgan fingerprint density at radius 3 is 2.75 bits per heavy atom. The minimum Gasteiger partial charge on any atom is -0.308 e. The zero-order valence-corrected chi connectivity index (χ0v) is 8.75. The molecule has 0 amide bonds. The smallest absolute Gasteiger partial charge is 0.308 e. The third-order valence-electron chi connectivity index (χ3n) is 1.92. The molecular weight excluding hydrogens is 221 g/mol. The van der Waals surface area contributed by atoms with Gasteiger partial charge in [0.05, 0.1) is 6.54 Å². The number of aromatic nitrogens is 1. The van der Waals surface area contributed by atoms with Crippen LogP contribution in [-0.2, 0) is 6.54 Å². The van der Waals surface area contributed by atoms with Crippen molar-refractivity contribution in [2.24, 2.45) is 5.84 Å². The molecular formula is C9H13F3N4. The summed E-state index contributed by atoms with van der Waals surface area (Å²) in [6.07, 6.45) is -2.68. The Bertz CT molecular complexity index is 340. The van der Waals surface area contributed by atoms with E-state index in [1.54, 1.807) is 12.1 Å². The molecule has 1 aromatic rings. The van der Waals surface area contributed by atoms with Gasteiger partial charge in [-0.1, -0.05) is 6.07 Å². The SMILES string of the molecule is CN(Cc1cccnc1NN)CC(F)(F)F. The molecule has 90 valence electrons. The maximum atomic E-state index is 12.1. The Hall–Kier alpha value is -1.34. The molecule has 1 rings (SSSR count). The first-order valence-electron chi connectivity index (χ1n) is 4.58. The maximum Gasteiger partial charge on any atom is 0.401 e. The average Bonchev–Trinajstić information content (AvgIpc) is 2.15. The fourth-order valence-corrected chi connectivity index (χ4v) is 1.35. The molecule has 0 aliphatic rings. The molecule has 7 heteroatoms. The minimum atomic E-state index is -4.20. The van der Waals surface area contributed by atoms with E-state index in [1.807, 2.05) is 0 Å². The lowest BCUT2D eigenvalue weighted by Gasteiger charge is -2.19. The van der Waals surface area contributed by atoms with E-state index >= 15 is 0 Å². The summed E-state index contributed by atoms with van der Waals surface area (Å²) in [5.41, 5.74) is 2.97. The van der Waals surface area contributed by atoms with Crippen molar-refractivity contribution in [1.29, 1.82) is 0 Å². The molecule has 0 bridgehead atoms. The van der Waals surface area contributed by atoms with Crippen molar-refractivity contribution in [2.75, 3.05) is 19.0 Å². The fourth-order valence-electron chi connectivity index (χ4n) is 1.35. The van der Waals surface area contributed by atoms with Gasteiger partial charge < -0.3 is 5.43 Å². The van der Waals surface area contributed by atoms with Crippen LogP contribution in [-0.4, -0.2) is 29.7 Å². The fraction of sp³-hybridized carbons (Fsp3) is 0.444. The van der Waals surface area contributed by atoms with E-state index in [1.165, 1.54) is 13.2 Å². The summed E-state index contributed by atoms with van der Waals surface area (Å²) in [4.78, 5) is 5.05. The molecule has 0 fully saturated rings. The van der Waals surface area contributed by atoms with E-state index in [4.69, 9.17) is 5.84 Å². The summed E-state index contributed by atoms with van der Waals surface area (Å²) in [6, 6.07) is 3.33. The third kappa shape index (κ3) is 4.03. The molecule has 0 atom stereocenters. The number of hydrazine groups is 1. The van der Waals surface area contributed by atoms with Gasteiger partial charge in [-0.2, -0.15) is 13.2 Å². The van der Waals surface area contributed by atoms with Gasteiger partial charge in [0.1, 0.15) is 5.82 Å². The quantitative estimate of drug-likeness (QED) is 0.610. The van der Waals surface area contributed by atoms with Crippen LogP contribution in [0.5, 0.6) is 0 Å². The molecule has 0 saturated heterocycles. The first kappa shape index (κ1) is 12.7. The highest BCUT2D eigenvalue weighted by Gasteiger charge is 2.29. The predicted molar refractivity (Wildman–Crippen MR) is 54.4 cm³/mol. The van der Waals surface area contributed by atoms with Crippen LogP contribution in [0.25, 0.3) is 0 Å². The Morgan fingerprint density at radius 1 is 1.50 bits per heavy atom. The normalized spacial score (nSPS) is 11.9. The first-order valence-corrected chi connectivity index (χ1v) is 4.58. The molecule has 4 nitrogen and oxygen atoms in total. The van der Waals surface area contributed by atoms with Crippen LogP contribution >= 0.6 is 0 Å². The highest BCUT2D eigenvalue weighted by atomic mass is 19.4. The number of hydrogen-bond donors (Lipinski definition) is 2. The van der Waals surface area contributed by atoms with E-state index in [-0.39, 0.29) is 6.54 Å². The van der Waals surface area contributed by atoms with E-state index in [0.29, 0.717) is 11.4 Å². The molecule has 0 radical (unpaired) electrons. The second-order valence-corrected chi connectivity index (χ2v) is 3.44. The second kappa shape index (κ2) is 5.13. The number of pyridine rings is 1. The second-order valence-electron chi connectivity index (χ2n) is 3.44. The van der Waals surface area contributed by atoms with E-state index in [9.17, 15) is 13.2 Å². The van der Waals surface area contributed by atoms with Crippen molar-refractivity contribution in [2.45, 2.75) is 12.7 Å². The number of rotatable bonds is 4. The van der Waals surface area contributed by atoms with Crippen molar-refractivity contribution in [3.8, 4) is 0 Å². The van der Waals surface area contributed by atoms with Gasteiger partial charge in [-0.25, -0.2) is 10.8 Å².